The van der Waals surface area contributed by atoms with Crippen molar-refractivity contribution in [2.75, 3.05) is 6.54 Å². The fourth-order valence-electron chi connectivity index (χ4n) is 2.03. The SMILES string of the molecule is CC(C)c1ccc(CCCN=C(N)NC2CC2)cc1.I. The van der Waals surface area contributed by atoms with Crippen LogP contribution in [-0.4, -0.2) is 18.5 Å². The summed E-state index contributed by atoms with van der Waals surface area (Å²) in [6.45, 7) is 5.25. The molecule has 4 heteroatoms. The average molecular weight is 387 g/mol. The van der Waals surface area contributed by atoms with Crippen molar-refractivity contribution in [3.05, 3.63) is 35.4 Å². The van der Waals surface area contributed by atoms with Crippen molar-refractivity contribution in [1.82, 2.24) is 5.32 Å². The van der Waals surface area contributed by atoms with Crippen LogP contribution in [-0.2, 0) is 6.42 Å². The smallest absolute Gasteiger partial charge is 0.188 e. The molecule has 0 saturated heterocycles. The monoisotopic (exact) mass is 387 g/mol. The van der Waals surface area contributed by atoms with E-state index < -0.39 is 0 Å². The summed E-state index contributed by atoms with van der Waals surface area (Å²) in [7, 11) is 0. The minimum Gasteiger partial charge on any atom is -0.370 e. The van der Waals surface area contributed by atoms with Gasteiger partial charge >= 0.3 is 0 Å². The quantitative estimate of drug-likeness (QED) is 0.340. The van der Waals surface area contributed by atoms with Crippen molar-refractivity contribution in [3.63, 3.8) is 0 Å². The van der Waals surface area contributed by atoms with Crippen LogP contribution in [0.3, 0.4) is 0 Å². The average Bonchev–Trinajstić information content (AvgIpc) is 3.19. The summed E-state index contributed by atoms with van der Waals surface area (Å²) >= 11 is 0. The molecular weight excluding hydrogens is 361 g/mol. The van der Waals surface area contributed by atoms with Crippen LogP contribution in [0.2, 0.25) is 0 Å². The molecule has 0 heterocycles. The van der Waals surface area contributed by atoms with Gasteiger partial charge in [0.05, 0.1) is 0 Å². The zero-order chi connectivity index (χ0) is 13.7. The molecule has 112 valence electrons. The second-order valence-corrected chi connectivity index (χ2v) is 5.69. The molecule has 1 fully saturated rings. The van der Waals surface area contributed by atoms with Crippen LogP contribution in [0, 0.1) is 0 Å². The molecule has 0 unspecified atom stereocenters. The minimum absolute atomic E-state index is 0. The highest BCUT2D eigenvalue weighted by Crippen LogP contribution is 2.18. The lowest BCUT2D eigenvalue weighted by Crippen LogP contribution is -2.33. The second kappa shape index (κ2) is 8.49. The van der Waals surface area contributed by atoms with Gasteiger partial charge in [-0.3, -0.25) is 4.99 Å². The summed E-state index contributed by atoms with van der Waals surface area (Å²) in [4.78, 5) is 4.35. The maximum Gasteiger partial charge on any atom is 0.188 e. The van der Waals surface area contributed by atoms with E-state index >= 15 is 0 Å². The molecule has 0 bridgehead atoms. The van der Waals surface area contributed by atoms with E-state index in [2.05, 4.69) is 48.4 Å². The van der Waals surface area contributed by atoms with E-state index in [1.807, 2.05) is 0 Å². The minimum atomic E-state index is 0. The Morgan fingerprint density at radius 2 is 1.95 bits per heavy atom. The van der Waals surface area contributed by atoms with Crippen molar-refractivity contribution < 1.29 is 0 Å². The number of rotatable bonds is 6. The van der Waals surface area contributed by atoms with E-state index in [0.29, 0.717) is 17.9 Å². The van der Waals surface area contributed by atoms with Gasteiger partial charge in [0.25, 0.3) is 0 Å². The molecule has 0 amide bonds. The van der Waals surface area contributed by atoms with Crippen molar-refractivity contribution in [2.24, 2.45) is 10.7 Å². The van der Waals surface area contributed by atoms with Crippen LogP contribution in [0.15, 0.2) is 29.3 Å². The largest absolute Gasteiger partial charge is 0.370 e. The highest BCUT2D eigenvalue weighted by molar-refractivity contribution is 14.0. The zero-order valence-corrected chi connectivity index (χ0v) is 14.8. The van der Waals surface area contributed by atoms with E-state index in [4.69, 9.17) is 5.73 Å². The Labute approximate surface area is 139 Å². The Bertz CT molecular complexity index is 422. The highest BCUT2D eigenvalue weighted by atomic mass is 127. The molecule has 3 nitrogen and oxygen atoms in total. The second-order valence-electron chi connectivity index (χ2n) is 5.69. The first-order valence-corrected chi connectivity index (χ1v) is 7.30. The molecule has 1 aromatic rings. The van der Waals surface area contributed by atoms with Gasteiger partial charge in [-0.1, -0.05) is 38.1 Å². The molecule has 3 N–H and O–H groups in total. The van der Waals surface area contributed by atoms with Crippen LogP contribution in [0.25, 0.3) is 0 Å². The lowest BCUT2D eigenvalue weighted by molar-refractivity contribution is 0.810. The van der Waals surface area contributed by atoms with Crippen LogP contribution in [0.4, 0.5) is 0 Å². The predicted molar refractivity (Wildman–Crippen MR) is 96.9 cm³/mol. The number of halogens is 1. The van der Waals surface area contributed by atoms with Gasteiger partial charge in [-0.2, -0.15) is 0 Å². The van der Waals surface area contributed by atoms with Gasteiger partial charge in [0, 0.05) is 12.6 Å². The van der Waals surface area contributed by atoms with E-state index in [1.165, 1.54) is 24.0 Å². The van der Waals surface area contributed by atoms with Gasteiger partial charge < -0.3 is 11.1 Å². The number of benzene rings is 1. The van der Waals surface area contributed by atoms with E-state index in [-0.39, 0.29) is 24.0 Å². The van der Waals surface area contributed by atoms with Crippen molar-refractivity contribution in [3.8, 4) is 0 Å². The molecule has 1 aromatic carbocycles. The van der Waals surface area contributed by atoms with E-state index in [1.54, 1.807) is 0 Å². The Morgan fingerprint density at radius 3 is 2.50 bits per heavy atom. The lowest BCUT2D eigenvalue weighted by atomic mass is 10.0. The Balaban J connectivity index is 0.00000200. The predicted octanol–water partition coefficient (Wildman–Crippen LogP) is 3.43. The number of aryl methyl sites for hydroxylation is 1. The molecule has 1 aliphatic carbocycles. The molecule has 20 heavy (non-hydrogen) atoms. The third-order valence-electron chi connectivity index (χ3n) is 3.48. The Hall–Kier alpha value is -0.780. The molecule has 1 saturated carbocycles. The maximum absolute atomic E-state index is 5.79. The molecular formula is C16H26IN3. The number of nitrogens with two attached hydrogens (primary N) is 1. The first-order valence-electron chi connectivity index (χ1n) is 7.30. The van der Waals surface area contributed by atoms with Crippen molar-refractivity contribution in [1.29, 1.82) is 0 Å². The van der Waals surface area contributed by atoms with Gasteiger partial charge in [0.15, 0.2) is 5.96 Å². The highest BCUT2D eigenvalue weighted by Gasteiger charge is 2.21. The normalized spacial score (nSPS) is 15.1. The Morgan fingerprint density at radius 1 is 1.30 bits per heavy atom. The van der Waals surface area contributed by atoms with Crippen LogP contribution in [0.1, 0.15) is 50.2 Å². The topological polar surface area (TPSA) is 50.4 Å². The van der Waals surface area contributed by atoms with Crippen LogP contribution in [0.5, 0.6) is 0 Å². The summed E-state index contributed by atoms with van der Waals surface area (Å²) in [6.07, 6.45) is 4.59. The molecule has 0 aliphatic heterocycles. The summed E-state index contributed by atoms with van der Waals surface area (Å²) in [5, 5.41) is 3.20. The number of hydrogen-bond donors (Lipinski definition) is 2. The summed E-state index contributed by atoms with van der Waals surface area (Å²) in [5.41, 5.74) is 8.57. The fraction of sp³-hybridized carbons (Fsp3) is 0.562. The van der Waals surface area contributed by atoms with Crippen LogP contribution < -0.4 is 11.1 Å². The fourth-order valence-corrected chi connectivity index (χ4v) is 2.03. The summed E-state index contributed by atoms with van der Waals surface area (Å²) in [5.74, 6) is 1.21. The molecule has 0 spiro atoms. The number of guanidine groups is 1. The first kappa shape index (κ1) is 17.3. The number of hydrogen-bond acceptors (Lipinski definition) is 1. The zero-order valence-electron chi connectivity index (χ0n) is 12.4. The molecule has 0 aromatic heterocycles. The van der Waals surface area contributed by atoms with Gasteiger partial charge in [-0.25, -0.2) is 0 Å². The number of aliphatic imine (C=N–C) groups is 1. The lowest BCUT2D eigenvalue weighted by Gasteiger charge is -2.06. The number of nitrogens with zero attached hydrogens (tertiary/aromatic N) is 1. The first-order chi connectivity index (χ1) is 9.15. The number of nitrogens with one attached hydrogen (secondary N) is 1. The van der Waals surface area contributed by atoms with E-state index in [0.717, 1.165) is 19.4 Å². The summed E-state index contributed by atoms with van der Waals surface area (Å²) < 4.78 is 0. The van der Waals surface area contributed by atoms with Crippen molar-refractivity contribution in [2.45, 2.75) is 51.5 Å². The van der Waals surface area contributed by atoms with Crippen molar-refractivity contribution >= 4 is 29.9 Å². The molecule has 0 atom stereocenters. The van der Waals surface area contributed by atoms with Crippen LogP contribution >= 0.6 is 24.0 Å². The van der Waals surface area contributed by atoms with Gasteiger partial charge in [-0.15, -0.1) is 24.0 Å². The van der Waals surface area contributed by atoms with E-state index in [9.17, 15) is 0 Å². The third kappa shape index (κ3) is 6.11. The van der Waals surface area contributed by atoms with Gasteiger partial charge in [-0.05, 0) is 42.7 Å². The molecule has 0 radical (unpaired) electrons. The third-order valence-corrected chi connectivity index (χ3v) is 3.48. The standard InChI is InChI=1S/C16H25N3.HI/c1-12(2)14-7-5-13(6-8-14)4-3-11-18-16(17)19-15-9-10-15;/h5-8,12,15H,3-4,9-11H2,1-2H3,(H3,17,18,19);1H. The Kier molecular flexibility index (Phi) is 7.34. The molecule has 1 aliphatic rings. The maximum atomic E-state index is 5.79. The summed E-state index contributed by atoms with van der Waals surface area (Å²) in [6, 6.07) is 9.50. The van der Waals surface area contributed by atoms with Gasteiger partial charge in [0.1, 0.15) is 0 Å². The van der Waals surface area contributed by atoms with Gasteiger partial charge in [0.2, 0.25) is 0 Å². The molecule has 2 rings (SSSR count).